The highest BCUT2D eigenvalue weighted by molar-refractivity contribution is 7.13. The first-order chi connectivity index (χ1) is 9.42. The van der Waals surface area contributed by atoms with Crippen LogP contribution in [-0.4, -0.2) is 18.1 Å². The molecule has 0 atom stereocenters. The molecule has 1 fully saturated rings. The molecule has 0 bridgehead atoms. The normalized spacial score (nSPS) is 15.6. The van der Waals surface area contributed by atoms with Gasteiger partial charge in [0.25, 0.3) is 0 Å². The lowest BCUT2D eigenvalue weighted by atomic mass is 10.0. The smallest absolute Gasteiger partial charge is 0.124 e. The van der Waals surface area contributed by atoms with Gasteiger partial charge in [-0.2, -0.15) is 0 Å². The van der Waals surface area contributed by atoms with E-state index < -0.39 is 0 Å². The Bertz CT molecular complexity index is 723. The predicted octanol–water partition coefficient (Wildman–Crippen LogP) is 3.65. The number of fused-ring (bicyclic) bond motifs is 1. The standard InChI is InChI=1S/C16H14N2S/c1-2-6-13-11(4-1)5-3-7-14(13)16-18-15(10-19-16)12-8-17-9-12/h1-7,10,12,17H,8-9H2. The van der Waals surface area contributed by atoms with Gasteiger partial charge in [0.2, 0.25) is 0 Å². The highest BCUT2D eigenvalue weighted by Gasteiger charge is 2.21. The Morgan fingerprint density at radius 1 is 1.05 bits per heavy atom. The zero-order valence-electron chi connectivity index (χ0n) is 10.5. The number of hydrogen-bond donors (Lipinski definition) is 1. The van der Waals surface area contributed by atoms with Crippen molar-refractivity contribution in [2.24, 2.45) is 0 Å². The van der Waals surface area contributed by atoms with Gasteiger partial charge >= 0.3 is 0 Å². The second kappa shape index (κ2) is 4.44. The van der Waals surface area contributed by atoms with Crippen LogP contribution in [0.5, 0.6) is 0 Å². The van der Waals surface area contributed by atoms with Crippen molar-refractivity contribution in [3.05, 3.63) is 53.5 Å². The topological polar surface area (TPSA) is 24.9 Å². The van der Waals surface area contributed by atoms with E-state index in [-0.39, 0.29) is 0 Å². The first kappa shape index (κ1) is 11.1. The minimum Gasteiger partial charge on any atom is -0.315 e. The third kappa shape index (κ3) is 1.86. The van der Waals surface area contributed by atoms with Crippen molar-refractivity contribution in [2.45, 2.75) is 5.92 Å². The molecule has 0 aliphatic carbocycles. The molecular weight excluding hydrogens is 252 g/mol. The third-order valence-corrected chi connectivity index (χ3v) is 4.64. The fourth-order valence-electron chi connectivity index (χ4n) is 2.51. The van der Waals surface area contributed by atoms with Crippen LogP contribution < -0.4 is 5.32 Å². The Kier molecular flexibility index (Phi) is 2.60. The van der Waals surface area contributed by atoms with Gasteiger partial charge in [-0.3, -0.25) is 0 Å². The maximum Gasteiger partial charge on any atom is 0.124 e. The molecule has 3 aromatic rings. The van der Waals surface area contributed by atoms with Crippen molar-refractivity contribution in [1.82, 2.24) is 10.3 Å². The molecule has 0 spiro atoms. The molecular formula is C16H14N2S. The summed E-state index contributed by atoms with van der Waals surface area (Å²) >= 11 is 1.76. The van der Waals surface area contributed by atoms with E-state index in [0.29, 0.717) is 5.92 Å². The van der Waals surface area contributed by atoms with Crippen LogP contribution in [0.2, 0.25) is 0 Å². The molecule has 0 radical (unpaired) electrons. The maximum absolute atomic E-state index is 4.83. The SMILES string of the molecule is c1ccc2c(-c3nc(C4CNC4)cs3)cccc2c1. The van der Waals surface area contributed by atoms with Gasteiger partial charge in [-0.1, -0.05) is 42.5 Å². The van der Waals surface area contributed by atoms with Gasteiger partial charge in [0.15, 0.2) is 0 Å². The van der Waals surface area contributed by atoms with Gasteiger partial charge in [-0.15, -0.1) is 11.3 Å². The fourth-order valence-corrected chi connectivity index (χ4v) is 3.45. The van der Waals surface area contributed by atoms with Crippen molar-refractivity contribution in [3.63, 3.8) is 0 Å². The fraction of sp³-hybridized carbons (Fsp3) is 0.188. The van der Waals surface area contributed by atoms with Gasteiger partial charge in [0.05, 0.1) is 5.69 Å². The van der Waals surface area contributed by atoms with Crippen LogP contribution in [0.1, 0.15) is 11.6 Å². The summed E-state index contributed by atoms with van der Waals surface area (Å²) in [4.78, 5) is 4.83. The van der Waals surface area contributed by atoms with Crippen LogP contribution >= 0.6 is 11.3 Å². The molecule has 2 nitrogen and oxygen atoms in total. The molecule has 1 aliphatic rings. The minimum absolute atomic E-state index is 0.611. The molecule has 0 saturated carbocycles. The van der Waals surface area contributed by atoms with Gasteiger partial charge in [-0.05, 0) is 10.8 Å². The largest absolute Gasteiger partial charge is 0.315 e. The van der Waals surface area contributed by atoms with Gasteiger partial charge in [-0.25, -0.2) is 4.98 Å². The van der Waals surface area contributed by atoms with E-state index in [2.05, 4.69) is 53.2 Å². The molecule has 2 aromatic carbocycles. The summed E-state index contributed by atoms with van der Waals surface area (Å²) in [6.45, 7) is 2.14. The number of benzene rings is 2. The Labute approximate surface area is 116 Å². The summed E-state index contributed by atoms with van der Waals surface area (Å²) in [5.41, 5.74) is 2.49. The predicted molar refractivity (Wildman–Crippen MR) is 80.7 cm³/mol. The summed E-state index contributed by atoms with van der Waals surface area (Å²) < 4.78 is 0. The number of nitrogens with zero attached hydrogens (tertiary/aromatic N) is 1. The molecule has 0 unspecified atom stereocenters. The lowest BCUT2D eigenvalue weighted by Crippen LogP contribution is -2.40. The summed E-state index contributed by atoms with van der Waals surface area (Å²) in [6.07, 6.45) is 0. The third-order valence-electron chi connectivity index (χ3n) is 3.74. The first-order valence-electron chi connectivity index (χ1n) is 6.56. The van der Waals surface area contributed by atoms with Crippen LogP contribution in [-0.2, 0) is 0 Å². The second-order valence-corrected chi connectivity index (χ2v) is 5.82. The zero-order valence-corrected chi connectivity index (χ0v) is 11.3. The zero-order chi connectivity index (χ0) is 12.7. The van der Waals surface area contributed by atoms with Crippen LogP contribution in [0.25, 0.3) is 21.3 Å². The molecule has 1 aliphatic heterocycles. The van der Waals surface area contributed by atoms with Crippen molar-refractivity contribution in [1.29, 1.82) is 0 Å². The van der Waals surface area contributed by atoms with Crippen molar-refractivity contribution < 1.29 is 0 Å². The lowest BCUT2D eigenvalue weighted by Gasteiger charge is -2.25. The number of aromatic nitrogens is 1. The Morgan fingerprint density at radius 3 is 2.74 bits per heavy atom. The molecule has 94 valence electrons. The van der Waals surface area contributed by atoms with Crippen LogP contribution in [0.4, 0.5) is 0 Å². The average molecular weight is 266 g/mol. The van der Waals surface area contributed by atoms with E-state index in [4.69, 9.17) is 4.98 Å². The summed E-state index contributed by atoms with van der Waals surface area (Å²) in [5.74, 6) is 0.611. The van der Waals surface area contributed by atoms with Crippen LogP contribution in [0.15, 0.2) is 47.8 Å². The van der Waals surface area contributed by atoms with E-state index in [9.17, 15) is 0 Å². The highest BCUT2D eigenvalue weighted by atomic mass is 32.1. The van der Waals surface area contributed by atoms with Gasteiger partial charge < -0.3 is 5.32 Å². The number of rotatable bonds is 2. The lowest BCUT2D eigenvalue weighted by molar-refractivity contribution is 0.441. The quantitative estimate of drug-likeness (QED) is 0.766. The summed E-state index contributed by atoms with van der Waals surface area (Å²) in [6, 6.07) is 15.0. The van der Waals surface area contributed by atoms with E-state index in [1.165, 1.54) is 22.0 Å². The summed E-state index contributed by atoms with van der Waals surface area (Å²) in [7, 11) is 0. The number of nitrogens with one attached hydrogen (secondary N) is 1. The molecule has 0 amide bonds. The molecule has 19 heavy (non-hydrogen) atoms. The van der Waals surface area contributed by atoms with Gasteiger partial charge in [0.1, 0.15) is 5.01 Å². The van der Waals surface area contributed by atoms with E-state index in [0.717, 1.165) is 18.1 Å². The molecule has 4 rings (SSSR count). The molecule has 1 N–H and O–H groups in total. The second-order valence-electron chi connectivity index (χ2n) is 4.96. The van der Waals surface area contributed by atoms with E-state index >= 15 is 0 Å². The first-order valence-corrected chi connectivity index (χ1v) is 7.44. The van der Waals surface area contributed by atoms with Crippen molar-refractivity contribution >= 4 is 22.1 Å². The van der Waals surface area contributed by atoms with E-state index in [1.807, 2.05) is 0 Å². The van der Waals surface area contributed by atoms with Crippen molar-refractivity contribution in [3.8, 4) is 10.6 Å². The molecule has 3 heteroatoms. The molecule has 1 saturated heterocycles. The Balaban J connectivity index is 1.83. The molecule has 1 aromatic heterocycles. The van der Waals surface area contributed by atoms with Gasteiger partial charge in [0, 0.05) is 30.0 Å². The minimum atomic E-state index is 0.611. The van der Waals surface area contributed by atoms with E-state index in [1.54, 1.807) is 11.3 Å². The Hall–Kier alpha value is -1.71. The monoisotopic (exact) mass is 266 g/mol. The van der Waals surface area contributed by atoms with Crippen LogP contribution in [0, 0.1) is 0 Å². The summed E-state index contributed by atoms with van der Waals surface area (Å²) in [5, 5.41) is 9.22. The average Bonchev–Trinajstić information content (AvgIpc) is 2.85. The number of hydrogen-bond acceptors (Lipinski definition) is 3. The highest BCUT2D eigenvalue weighted by Crippen LogP contribution is 2.33. The van der Waals surface area contributed by atoms with Crippen LogP contribution in [0.3, 0.4) is 0 Å². The van der Waals surface area contributed by atoms with Crippen molar-refractivity contribution in [2.75, 3.05) is 13.1 Å². The molecule has 2 heterocycles. The maximum atomic E-state index is 4.83. The Morgan fingerprint density at radius 2 is 1.89 bits per heavy atom. The number of thiazole rings is 1.